The molecule has 0 unspecified atom stereocenters. The van der Waals surface area contributed by atoms with E-state index in [0.717, 1.165) is 27.2 Å². The molecule has 0 bridgehead atoms. The van der Waals surface area contributed by atoms with Gasteiger partial charge in [-0.15, -0.1) is 0 Å². The van der Waals surface area contributed by atoms with E-state index in [0.29, 0.717) is 12.8 Å². The van der Waals surface area contributed by atoms with E-state index in [2.05, 4.69) is 5.32 Å². The van der Waals surface area contributed by atoms with Gasteiger partial charge in [-0.25, -0.2) is 9.18 Å². The van der Waals surface area contributed by atoms with Crippen molar-refractivity contribution in [1.82, 2.24) is 4.90 Å². The van der Waals surface area contributed by atoms with Crippen LogP contribution in [0.1, 0.15) is 40.2 Å². The van der Waals surface area contributed by atoms with Gasteiger partial charge in [0.05, 0.1) is 11.3 Å². The summed E-state index contributed by atoms with van der Waals surface area (Å²) in [6.07, 6.45) is 0.511. The largest absolute Gasteiger partial charge is 0.480 e. The number of hydrogen-bond donors (Lipinski definition) is 2. The topological polar surface area (TPSA) is 95.9 Å². The highest BCUT2D eigenvalue weighted by Gasteiger charge is 2.35. The van der Waals surface area contributed by atoms with Crippen LogP contribution in [-0.4, -0.2) is 47.2 Å². The van der Waals surface area contributed by atoms with Gasteiger partial charge in [-0.05, 0) is 47.2 Å². The fourth-order valence-electron chi connectivity index (χ4n) is 4.59. The molecule has 2 N–H and O–H groups in total. The number of carbonyl (C=O) groups excluding carboxylic acids is 2. The van der Waals surface area contributed by atoms with Crippen molar-refractivity contribution >= 4 is 23.7 Å². The number of nitrogens with one attached hydrogen (secondary N) is 1. The smallest absolute Gasteiger partial charge is 0.411 e. The average molecular weight is 474 g/mol. The molecule has 8 heteroatoms. The van der Waals surface area contributed by atoms with Gasteiger partial charge in [-0.3, -0.25) is 14.9 Å². The molecule has 2 aliphatic carbocycles. The number of ether oxygens (including phenoxy) is 1. The number of carboxylic acid groups (broad SMARTS) is 1. The van der Waals surface area contributed by atoms with Gasteiger partial charge in [0.2, 0.25) is 0 Å². The SMILES string of the molecule is O=C(O)CN(C(=O)c1cccc(NC(=O)OCC2c3ccccc3-c3ccccc32)c1F)C1CC1. The number of carbonyl (C=O) groups is 3. The van der Waals surface area contributed by atoms with E-state index < -0.39 is 30.3 Å². The van der Waals surface area contributed by atoms with Gasteiger partial charge in [0.15, 0.2) is 5.82 Å². The van der Waals surface area contributed by atoms with Crippen LogP contribution in [0.2, 0.25) is 0 Å². The fraction of sp³-hybridized carbons (Fsp3) is 0.222. The molecule has 2 amide bonds. The highest BCUT2D eigenvalue weighted by Crippen LogP contribution is 2.44. The van der Waals surface area contributed by atoms with Crippen molar-refractivity contribution in [1.29, 1.82) is 0 Å². The second-order valence-electron chi connectivity index (χ2n) is 8.68. The summed E-state index contributed by atoms with van der Waals surface area (Å²) in [4.78, 5) is 37.7. The van der Waals surface area contributed by atoms with Gasteiger partial charge in [0, 0.05) is 12.0 Å². The van der Waals surface area contributed by atoms with E-state index in [1.807, 2.05) is 48.5 Å². The molecular formula is C27H23FN2O5. The summed E-state index contributed by atoms with van der Waals surface area (Å²) in [6.45, 7) is -0.443. The third-order valence-corrected chi connectivity index (χ3v) is 6.36. The molecule has 178 valence electrons. The molecule has 0 spiro atoms. The minimum atomic E-state index is -1.17. The Kier molecular flexibility index (Phi) is 5.94. The van der Waals surface area contributed by atoms with Gasteiger partial charge in [-0.1, -0.05) is 54.6 Å². The number of rotatable bonds is 7. The summed E-state index contributed by atoms with van der Waals surface area (Å²) in [5.74, 6) is -2.96. The quantitative estimate of drug-likeness (QED) is 0.509. The highest BCUT2D eigenvalue weighted by atomic mass is 19.1. The molecule has 2 aliphatic rings. The predicted octanol–water partition coefficient (Wildman–Crippen LogP) is 4.88. The van der Waals surface area contributed by atoms with Crippen molar-refractivity contribution in [3.05, 3.63) is 89.2 Å². The van der Waals surface area contributed by atoms with Crippen LogP contribution in [0.3, 0.4) is 0 Å². The molecular weight excluding hydrogens is 451 g/mol. The van der Waals surface area contributed by atoms with Crippen LogP contribution in [0.4, 0.5) is 14.9 Å². The van der Waals surface area contributed by atoms with Crippen molar-refractivity contribution in [2.24, 2.45) is 0 Å². The molecule has 35 heavy (non-hydrogen) atoms. The zero-order valence-corrected chi connectivity index (χ0v) is 18.7. The van der Waals surface area contributed by atoms with Crippen molar-refractivity contribution in [3.63, 3.8) is 0 Å². The minimum Gasteiger partial charge on any atom is -0.480 e. The van der Waals surface area contributed by atoms with E-state index in [1.54, 1.807) is 0 Å². The maximum absolute atomic E-state index is 15.1. The highest BCUT2D eigenvalue weighted by molar-refractivity contribution is 5.98. The zero-order valence-electron chi connectivity index (χ0n) is 18.7. The third kappa shape index (κ3) is 4.47. The van der Waals surface area contributed by atoms with Crippen LogP contribution < -0.4 is 5.32 Å². The summed E-state index contributed by atoms with van der Waals surface area (Å²) in [6, 6.07) is 19.7. The van der Waals surface area contributed by atoms with Crippen LogP contribution in [0.25, 0.3) is 11.1 Å². The monoisotopic (exact) mass is 474 g/mol. The molecule has 5 rings (SSSR count). The molecule has 3 aromatic rings. The molecule has 1 saturated carbocycles. The molecule has 0 heterocycles. The molecule has 7 nitrogen and oxygen atoms in total. The average Bonchev–Trinajstić information content (AvgIpc) is 3.65. The molecule has 3 aromatic carbocycles. The fourth-order valence-corrected chi connectivity index (χ4v) is 4.59. The number of hydrogen-bond acceptors (Lipinski definition) is 4. The van der Waals surface area contributed by atoms with Gasteiger partial charge in [-0.2, -0.15) is 0 Å². The number of fused-ring (bicyclic) bond motifs is 3. The Bertz CT molecular complexity index is 1270. The number of carboxylic acids is 1. The Morgan fingerprint density at radius 1 is 0.943 bits per heavy atom. The second kappa shape index (κ2) is 9.21. The first-order chi connectivity index (χ1) is 16.9. The zero-order chi connectivity index (χ0) is 24.5. The standard InChI is InChI=1S/C27H23FN2O5/c28-25-21(26(33)30(14-24(31)32)16-12-13-16)10-5-11-23(25)29-27(34)35-15-22-19-8-3-1-6-17(19)18-7-2-4-9-20(18)22/h1-11,16,22H,12-15H2,(H,29,34)(H,31,32). The maximum atomic E-state index is 15.1. The summed E-state index contributed by atoms with van der Waals surface area (Å²) < 4.78 is 20.6. The van der Waals surface area contributed by atoms with Gasteiger partial charge in [0.1, 0.15) is 13.2 Å². The Morgan fingerprint density at radius 3 is 2.17 bits per heavy atom. The lowest BCUT2D eigenvalue weighted by molar-refractivity contribution is -0.137. The first-order valence-electron chi connectivity index (χ1n) is 11.4. The summed E-state index contributed by atoms with van der Waals surface area (Å²) in [5, 5.41) is 11.5. The summed E-state index contributed by atoms with van der Waals surface area (Å²) in [5.41, 5.74) is 3.79. The first-order valence-corrected chi connectivity index (χ1v) is 11.4. The number of nitrogens with zero attached hydrogens (tertiary/aromatic N) is 1. The Labute approximate surface area is 201 Å². The number of amides is 2. The van der Waals surface area contributed by atoms with Crippen LogP contribution in [0.15, 0.2) is 66.7 Å². The molecule has 0 saturated heterocycles. The second-order valence-corrected chi connectivity index (χ2v) is 8.68. The number of aliphatic carboxylic acids is 1. The van der Waals surface area contributed by atoms with Crippen LogP contribution in [0.5, 0.6) is 0 Å². The molecule has 0 radical (unpaired) electrons. The molecule has 1 fully saturated rings. The van der Waals surface area contributed by atoms with Crippen molar-refractivity contribution in [2.45, 2.75) is 24.8 Å². The van der Waals surface area contributed by atoms with Crippen molar-refractivity contribution in [3.8, 4) is 11.1 Å². The minimum absolute atomic E-state index is 0.0637. The van der Waals surface area contributed by atoms with E-state index >= 15 is 4.39 Å². The summed E-state index contributed by atoms with van der Waals surface area (Å²) in [7, 11) is 0. The van der Waals surface area contributed by atoms with Gasteiger partial charge in [0.25, 0.3) is 5.91 Å². The molecule has 0 aliphatic heterocycles. The number of halogens is 1. The lowest BCUT2D eigenvalue weighted by atomic mass is 9.98. The van der Waals surface area contributed by atoms with E-state index in [9.17, 15) is 14.4 Å². The third-order valence-electron chi connectivity index (χ3n) is 6.36. The van der Waals surface area contributed by atoms with Gasteiger partial charge < -0.3 is 14.7 Å². The first kappa shape index (κ1) is 22.6. The van der Waals surface area contributed by atoms with E-state index in [-0.39, 0.29) is 29.8 Å². The Morgan fingerprint density at radius 2 is 1.57 bits per heavy atom. The van der Waals surface area contributed by atoms with Crippen LogP contribution in [0, 0.1) is 5.82 Å². The predicted molar refractivity (Wildman–Crippen MR) is 127 cm³/mol. The van der Waals surface area contributed by atoms with Gasteiger partial charge >= 0.3 is 12.1 Å². The van der Waals surface area contributed by atoms with Crippen molar-refractivity contribution < 1.29 is 28.6 Å². The van der Waals surface area contributed by atoms with E-state index in [4.69, 9.17) is 9.84 Å². The van der Waals surface area contributed by atoms with Crippen molar-refractivity contribution in [2.75, 3.05) is 18.5 Å². The van der Waals surface area contributed by atoms with E-state index in [1.165, 1.54) is 18.2 Å². The molecule has 0 aromatic heterocycles. The maximum Gasteiger partial charge on any atom is 0.411 e. The van der Waals surface area contributed by atoms with Crippen LogP contribution in [-0.2, 0) is 9.53 Å². The number of anilines is 1. The van der Waals surface area contributed by atoms with Crippen LogP contribution >= 0.6 is 0 Å². The number of benzene rings is 3. The normalized spacial score (nSPS) is 14.1. The lowest BCUT2D eigenvalue weighted by Crippen LogP contribution is -2.38. The Balaban J connectivity index is 1.29. The lowest BCUT2D eigenvalue weighted by Gasteiger charge is -2.21. The molecule has 0 atom stereocenters. The summed E-state index contributed by atoms with van der Waals surface area (Å²) >= 11 is 0. The Hall–Kier alpha value is -4.20.